The Morgan fingerprint density at radius 3 is 2.58 bits per heavy atom. The molecule has 0 aliphatic carbocycles. The van der Waals surface area contributed by atoms with E-state index in [-0.39, 0.29) is 18.4 Å². The van der Waals surface area contributed by atoms with Gasteiger partial charge in [-0.25, -0.2) is 0 Å². The smallest absolute Gasteiger partial charge is 0.224 e. The van der Waals surface area contributed by atoms with E-state index in [0.29, 0.717) is 37.9 Å². The molecule has 1 amide bonds. The third-order valence-corrected chi connectivity index (χ3v) is 7.54. The number of nitrogens with zero attached hydrogens (tertiary/aromatic N) is 1. The Kier molecular flexibility index (Phi) is 8.37. The van der Waals surface area contributed by atoms with Gasteiger partial charge < -0.3 is 24.6 Å². The molecule has 0 radical (unpaired) electrons. The number of benzene rings is 3. The van der Waals surface area contributed by atoms with Crippen molar-refractivity contribution in [2.45, 2.75) is 19.4 Å². The van der Waals surface area contributed by atoms with Crippen LogP contribution in [0.15, 0.2) is 54.6 Å². The van der Waals surface area contributed by atoms with Gasteiger partial charge in [-0.1, -0.05) is 48.0 Å². The van der Waals surface area contributed by atoms with E-state index in [1.807, 2.05) is 42.5 Å². The van der Waals surface area contributed by atoms with Crippen LogP contribution in [0.4, 0.5) is 0 Å². The van der Waals surface area contributed by atoms with Gasteiger partial charge in [0.1, 0.15) is 19.0 Å². The molecular formula is C30H33ClN2O5. The Morgan fingerprint density at radius 1 is 1.08 bits per heavy atom. The van der Waals surface area contributed by atoms with E-state index >= 15 is 0 Å². The summed E-state index contributed by atoms with van der Waals surface area (Å²) >= 11 is 6.96. The van der Waals surface area contributed by atoms with Crippen LogP contribution in [0.1, 0.15) is 18.4 Å². The van der Waals surface area contributed by atoms with Gasteiger partial charge >= 0.3 is 0 Å². The lowest BCUT2D eigenvalue weighted by atomic mass is 9.95. The number of carbonyl (C=O) groups is 1. The van der Waals surface area contributed by atoms with E-state index in [2.05, 4.69) is 22.3 Å². The number of halogens is 1. The van der Waals surface area contributed by atoms with Gasteiger partial charge in [-0.2, -0.15) is 0 Å². The number of rotatable bonds is 8. The Hall–Kier alpha value is -3.26. The molecule has 2 heterocycles. The molecule has 1 saturated heterocycles. The molecule has 2 aliphatic rings. The molecule has 0 aromatic heterocycles. The number of hydrogen-bond acceptors (Lipinski definition) is 6. The fourth-order valence-corrected chi connectivity index (χ4v) is 5.55. The fourth-order valence-electron chi connectivity index (χ4n) is 5.21. The number of carbonyl (C=O) groups excluding carboxylic acids is 1. The summed E-state index contributed by atoms with van der Waals surface area (Å²) in [6.07, 6.45) is 1.82. The van der Waals surface area contributed by atoms with Crippen molar-refractivity contribution in [2.24, 2.45) is 5.92 Å². The van der Waals surface area contributed by atoms with Gasteiger partial charge in [-0.05, 0) is 48.7 Å². The lowest BCUT2D eigenvalue weighted by Crippen LogP contribution is -2.43. The summed E-state index contributed by atoms with van der Waals surface area (Å²) in [5, 5.41) is 12.5. The molecule has 7 nitrogen and oxygen atoms in total. The van der Waals surface area contributed by atoms with Crippen molar-refractivity contribution in [3.05, 3.63) is 65.2 Å². The van der Waals surface area contributed by atoms with E-state index in [4.69, 9.17) is 30.9 Å². The molecule has 1 fully saturated rings. The third-order valence-electron chi connectivity index (χ3n) is 7.13. The first-order valence-electron chi connectivity index (χ1n) is 13.0. The molecule has 1 atom stereocenters. The lowest BCUT2D eigenvalue weighted by Gasteiger charge is -2.32. The molecule has 3 aromatic carbocycles. The number of fused-ring (bicyclic) bond motifs is 1. The maximum absolute atomic E-state index is 12.4. The SMILES string of the molecule is COc1cc(-c2cccc(-c3ccc4c(c3)OCCO4)c2Cl)ccc1CN1CCCC(C(=O)NCCO)C1. The standard InChI is InChI=1S/C30H33ClN2O5/c1-36-27-16-20(7-8-22(27)18-33-12-3-4-23(19-33)30(35)32-11-13-34)24-5-2-6-25(29(24)31)21-9-10-26-28(17-21)38-15-14-37-26/h2,5-10,16-17,23,34H,3-4,11-15,18-19H2,1H3,(H,32,35). The molecule has 2 aliphatic heterocycles. The van der Waals surface area contributed by atoms with Crippen molar-refractivity contribution in [3.63, 3.8) is 0 Å². The van der Waals surface area contributed by atoms with E-state index in [9.17, 15) is 4.79 Å². The molecule has 38 heavy (non-hydrogen) atoms. The maximum Gasteiger partial charge on any atom is 0.224 e. The summed E-state index contributed by atoms with van der Waals surface area (Å²) in [5.41, 5.74) is 4.83. The van der Waals surface area contributed by atoms with Crippen molar-refractivity contribution in [1.82, 2.24) is 10.2 Å². The summed E-state index contributed by atoms with van der Waals surface area (Å²) in [7, 11) is 1.68. The monoisotopic (exact) mass is 536 g/mol. The van der Waals surface area contributed by atoms with Gasteiger partial charge in [0, 0.05) is 36.3 Å². The Labute approximate surface area is 228 Å². The van der Waals surface area contributed by atoms with Crippen LogP contribution in [0.25, 0.3) is 22.3 Å². The second-order valence-electron chi connectivity index (χ2n) is 9.64. The highest BCUT2D eigenvalue weighted by atomic mass is 35.5. The van der Waals surface area contributed by atoms with Gasteiger partial charge in [0.2, 0.25) is 5.91 Å². The Bertz CT molecular complexity index is 1300. The Balaban J connectivity index is 1.36. The van der Waals surface area contributed by atoms with Crippen molar-refractivity contribution in [2.75, 3.05) is 46.6 Å². The second kappa shape index (κ2) is 12.1. The van der Waals surface area contributed by atoms with Crippen LogP contribution in [0.5, 0.6) is 17.2 Å². The number of piperidine rings is 1. The van der Waals surface area contributed by atoms with E-state index in [0.717, 1.165) is 64.5 Å². The number of likely N-dealkylation sites (tertiary alicyclic amines) is 1. The minimum Gasteiger partial charge on any atom is -0.496 e. The van der Waals surface area contributed by atoms with Crippen LogP contribution in [0.3, 0.4) is 0 Å². The van der Waals surface area contributed by atoms with E-state index in [1.54, 1.807) is 7.11 Å². The highest BCUT2D eigenvalue weighted by Gasteiger charge is 2.26. The van der Waals surface area contributed by atoms with E-state index in [1.165, 1.54) is 0 Å². The van der Waals surface area contributed by atoms with Crippen molar-refractivity contribution in [3.8, 4) is 39.5 Å². The molecule has 8 heteroatoms. The third kappa shape index (κ3) is 5.75. The largest absolute Gasteiger partial charge is 0.496 e. The number of hydrogen-bond donors (Lipinski definition) is 2. The number of amides is 1. The highest BCUT2D eigenvalue weighted by Crippen LogP contribution is 2.41. The van der Waals surface area contributed by atoms with Crippen molar-refractivity contribution >= 4 is 17.5 Å². The van der Waals surface area contributed by atoms with E-state index < -0.39 is 0 Å². The zero-order chi connectivity index (χ0) is 26.5. The quantitative estimate of drug-likeness (QED) is 0.431. The zero-order valence-electron chi connectivity index (χ0n) is 21.5. The molecule has 2 N–H and O–H groups in total. The fraction of sp³-hybridized carbons (Fsp3) is 0.367. The van der Waals surface area contributed by atoms with Gasteiger partial charge in [-0.15, -0.1) is 0 Å². The van der Waals surface area contributed by atoms with Crippen LogP contribution in [0, 0.1) is 5.92 Å². The average Bonchev–Trinajstić information content (AvgIpc) is 2.96. The Morgan fingerprint density at radius 2 is 1.82 bits per heavy atom. The van der Waals surface area contributed by atoms with Crippen LogP contribution in [0.2, 0.25) is 5.02 Å². The molecule has 200 valence electrons. The molecule has 3 aromatic rings. The molecule has 0 saturated carbocycles. The van der Waals surface area contributed by atoms with Gasteiger partial charge in [0.05, 0.1) is 24.7 Å². The van der Waals surface area contributed by atoms with Crippen molar-refractivity contribution in [1.29, 1.82) is 0 Å². The summed E-state index contributed by atoms with van der Waals surface area (Å²) < 4.78 is 17.2. The van der Waals surface area contributed by atoms with Gasteiger partial charge in [-0.3, -0.25) is 9.69 Å². The number of aliphatic hydroxyl groups excluding tert-OH is 1. The maximum atomic E-state index is 12.4. The zero-order valence-corrected chi connectivity index (χ0v) is 22.3. The van der Waals surface area contributed by atoms with Crippen LogP contribution < -0.4 is 19.5 Å². The molecule has 0 bridgehead atoms. The van der Waals surface area contributed by atoms with Crippen LogP contribution in [-0.4, -0.2) is 62.5 Å². The lowest BCUT2D eigenvalue weighted by molar-refractivity contribution is -0.126. The predicted molar refractivity (Wildman–Crippen MR) is 148 cm³/mol. The topological polar surface area (TPSA) is 80.3 Å². The average molecular weight is 537 g/mol. The second-order valence-corrected chi connectivity index (χ2v) is 10.0. The summed E-state index contributed by atoms with van der Waals surface area (Å²) in [6, 6.07) is 18.1. The number of methoxy groups -OCH3 is 1. The normalized spacial score (nSPS) is 17.2. The number of aliphatic hydroxyl groups is 1. The molecule has 1 unspecified atom stereocenters. The first kappa shape index (κ1) is 26.4. The number of nitrogens with one attached hydrogen (secondary N) is 1. The van der Waals surface area contributed by atoms with Gasteiger partial charge in [0.25, 0.3) is 0 Å². The van der Waals surface area contributed by atoms with Crippen LogP contribution >= 0.6 is 11.6 Å². The highest BCUT2D eigenvalue weighted by molar-refractivity contribution is 6.36. The summed E-state index contributed by atoms with van der Waals surface area (Å²) in [4.78, 5) is 14.7. The van der Waals surface area contributed by atoms with Crippen molar-refractivity contribution < 1.29 is 24.1 Å². The minimum atomic E-state index is -0.0670. The first-order valence-corrected chi connectivity index (χ1v) is 13.4. The van der Waals surface area contributed by atoms with Gasteiger partial charge in [0.15, 0.2) is 11.5 Å². The predicted octanol–water partition coefficient (Wildman–Crippen LogP) is 4.77. The minimum absolute atomic E-state index is 0.0126. The number of ether oxygens (including phenoxy) is 3. The molecular weight excluding hydrogens is 504 g/mol. The summed E-state index contributed by atoms with van der Waals surface area (Å²) in [6.45, 7) is 3.64. The molecule has 5 rings (SSSR count). The van der Waals surface area contributed by atoms with Crippen LogP contribution in [-0.2, 0) is 11.3 Å². The molecule has 0 spiro atoms. The summed E-state index contributed by atoms with van der Waals surface area (Å²) in [5.74, 6) is 2.21. The first-order chi connectivity index (χ1) is 18.6.